The molecule has 0 fully saturated rings. The average molecular weight is 276 g/mol. The van der Waals surface area contributed by atoms with Gasteiger partial charge in [-0.2, -0.15) is 5.10 Å². The standard InChI is InChI=1S/C13H20N6O/c1-4-20-9-12-16-11(14)5-13(17-12)18(2)7-10-6-15-19(3)8-10/h5-6,8H,4,7,9H2,1-3H3,(H2,14,16,17). The number of nitrogens with zero attached hydrogens (tertiary/aromatic N) is 5. The highest BCUT2D eigenvalue weighted by Crippen LogP contribution is 2.15. The van der Waals surface area contributed by atoms with E-state index < -0.39 is 0 Å². The Hall–Kier alpha value is -2.15. The van der Waals surface area contributed by atoms with Gasteiger partial charge in [0.05, 0.1) is 6.20 Å². The first-order valence-corrected chi connectivity index (χ1v) is 6.48. The minimum Gasteiger partial charge on any atom is -0.384 e. The molecule has 0 aliphatic carbocycles. The number of nitrogen functional groups attached to an aromatic ring is 1. The number of anilines is 2. The van der Waals surface area contributed by atoms with Gasteiger partial charge < -0.3 is 15.4 Å². The van der Waals surface area contributed by atoms with Crippen LogP contribution in [0.1, 0.15) is 18.3 Å². The van der Waals surface area contributed by atoms with Crippen LogP contribution < -0.4 is 10.6 Å². The van der Waals surface area contributed by atoms with Crippen LogP contribution >= 0.6 is 0 Å². The van der Waals surface area contributed by atoms with Gasteiger partial charge in [-0.25, -0.2) is 9.97 Å². The van der Waals surface area contributed by atoms with E-state index in [1.54, 1.807) is 10.7 Å². The molecule has 2 aromatic rings. The predicted octanol–water partition coefficient (Wildman–Crippen LogP) is 0.965. The van der Waals surface area contributed by atoms with Crippen LogP contribution in [0.2, 0.25) is 0 Å². The van der Waals surface area contributed by atoms with Crippen molar-refractivity contribution in [1.29, 1.82) is 0 Å². The first-order chi connectivity index (χ1) is 9.58. The number of aromatic nitrogens is 4. The third-order valence-corrected chi connectivity index (χ3v) is 2.78. The maximum atomic E-state index is 5.82. The van der Waals surface area contributed by atoms with Crippen molar-refractivity contribution in [3.63, 3.8) is 0 Å². The summed E-state index contributed by atoms with van der Waals surface area (Å²) in [5.41, 5.74) is 6.93. The van der Waals surface area contributed by atoms with Gasteiger partial charge in [-0.05, 0) is 6.92 Å². The summed E-state index contributed by atoms with van der Waals surface area (Å²) in [6.07, 6.45) is 3.81. The molecule has 0 aromatic carbocycles. The topological polar surface area (TPSA) is 82.1 Å². The van der Waals surface area contributed by atoms with E-state index in [1.165, 1.54) is 0 Å². The van der Waals surface area contributed by atoms with E-state index in [9.17, 15) is 0 Å². The smallest absolute Gasteiger partial charge is 0.158 e. The van der Waals surface area contributed by atoms with Crippen molar-refractivity contribution in [3.05, 3.63) is 29.8 Å². The van der Waals surface area contributed by atoms with Crippen molar-refractivity contribution < 1.29 is 4.74 Å². The molecule has 0 atom stereocenters. The summed E-state index contributed by atoms with van der Waals surface area (Å²) in [6.45, 7) is 3.63. The van der Waals surface area contributed by atoms with Crippen molar-refractivity contribution >= 4 is 11.6 Å². The molecule has 0 aliphatic heterocycles. The minimum absolute atomic E-state index is 0.370. The molecule has 0 aliphatic rings. The zero-order valence-corrected chi connectivity index (χ0v) is 12.1. The summed E-state index contributed by atoms with van der Waals surface area (Å²) in [5.74, 6) is 1.82. The van der Waals surface area contributed by atoms with Crippen LogP contribution in [-0.2, 0) is 24.9 Å². The fourth-order valence-electron chi connectivity index (χ4n) is 1.86. The molecular formula is C13H20N6O. The van der Waals surface area contributed by atoms with E-state index >= 15 is 0 Å². The van der Waals surface area contributed by atoms with Gasteiger partial charge >= 0.3 is 0 Å². The Balaban J connectivity index is 2.12. The van der Waals surface area contributed by atoms with Gasteiger partial charge in [0.15, 0.2) is 5.82 Å². The van der Waals surface area contributed by atoms with Gasteiger partial charge in [-0.15, -0.1) is 0 Å². The van der Waals surface area contributed by atoms with E-state index in [0.717, 1.165) is 11.4 Å². The lowest BCUT2D eigenvalue weighted by Crippen LogP contribution is -2.19. The third-order valence-electron chi connectivity index (χ3n) is 2.78. The molecule has 0 saturated carbocycles. The SMILES string of the molecule is CCOCc1nc(N)cc(N(C)Cc2cnn(C)c2)n1. The van der Waals surface area contributed by atoms with Crippen LogP contribution in [0, 0.1) is 0 Å². The fourth-order valence-corrected chi connectivity index (χ4v) is 1.86. The lowest BCUT2D eigenvalue weighted by molar-refractivity contribution is 0.128. The molecular weight excluding hydrogens is 256 g/mol. The summed E-state index contributed by atoms with van der Waals surface area (Å²) < 4.78 is 7.09. The maximum absolute atomic E-state index is 5.82. The average Bonchev–Trinajstić information content (AvgIpc) is 2.81. The molecule has 0 unspecified atom stereocenters. The first kappa shape index (κ1) is 14.3. The summed E-state index contributed by atoms with van der Waals surface area (Å²) in [6, 6.07) is 1.76. The van der Waals surface area contributed by atoms with Crippen LogP contribution in [0.3, 0.4) is 0 Å². The van der Waals surface area contributed by atoms with Crippen molar-refractivity contribution in [2.45, 2.75) is 20.1 Å². The molecule has 2 N–H and O–H groups in total. The lowest BCUT2D eigenvalue weighted by atomic mass is 10.3. The normalized spacial score (nSPS) is 10.8. The Bertz CT molecular complexity index is 568. The Kier molecular flexibility index (Phi) is 4.52. The number of hydrogen-bond acceptors (Lipinski definition) is 6. The Labute approximate surface area is 118 Å². The first-order valence-electron chi connectivity index (χ1n) is 6.48. The van der Waals surface area contributed by atoms with Crippen LogP contribution in [0.25, 0.3) is 0 Å². The quantitative estimate of drug-likeness (QED) is 0.846. The van der Waals surface area contributed by atoms with E-state index in [2.05, 4.69) is 15.1 Å². The highest BCUT2D eigenvalue weighted by molar-refractivity contribution is 5.46. The van der Waals surface area contributed by atoms with Crippen LogP contribution in [0.5, 0.6) is 0 Å². The van der Waals surface area contributed by atoms with Gasteiger partial charge in [0, 0.05) is 45.1 Å². The summed E-state index contributed by atoms with van der Waals surface area (Å²) >= 11 is 0. The predicted molar refractivity (Wildman–Crippen MR) is 77.1 cm³/mol. The molecule has 2 aromatic heterocycles. The van der Waals surface area contributed by atoms with Gasteiger partial charge in [0.1, 0.15) is 18.2 Å². The molecule has 2 rings (SSSR count). The zero-order valence-electron chi connectivity index (χ0n) is 12.1. The van der Waals surface area contributed by atoms with E-state index in [1.807, 2.05) is 38.3 Å². The van der Waals surface area contributed by atoms with Gasteiger partial charge in [-0.1, -0.05) is 0 Å². The number of rotatable bonds is 6. The molecule has 0 spiro atoms. The third kappa shape index (κ3) is 3.67. The van der Waals surface area contributed by atoms with Crippen LogP contribution in [0.15, 0.2) is 18.5 Å². The maximum Gasteiger partial charge on any atom is 0.158 e. The Morgan fingerprint density at radius 3 is 2.85 bits per heavy atom. The van der Waals surface area contributed by atoms with Gasteiger partial charge in [-0.3, -0.25) is 4.68 Å². The Morgan fingerprint density at radius 2 is 2.20 bits per heavy atom. The van der Waals surface area contributed by atoms with Crippen LogP contribution in [-0.4, -0.2) is 33.4 Å². The summed E-state index contributed by atoms with van der Waals surface area (Å²) in [7, 11) is 3.85. The number of ether oxygens (including phenoxy) is 1. The lowest BCUT2D eigenvalue weighted by Gasteiger charge is -2.18. The molecule has 108 valence electrons. The second-order valence-corrected chi connectivity index (χ2v) is 4.58. The summed E-state index contributed by atoms with van der Waals surface area (Å²) in [4.78, 5) is 10.6. The van der Waals surface area contributed by atoms with E-state index in [4.69, 9.17) is 10.5 Å². The molecule has 0 saturated heterocycles. The van der Waals surface area contributed by atoms with E-state index in [-0.39, 0.29) is 0 Å². The number of aryl methyl sites for hydroxylation is 1. The highest BCUT2D eigenvalue weighted by atomic mass is 16.5. The van der Waals surface area contributed by atoms with Gasteiger partial charge in [0.25, 0.3) is 0 Å². The molecule has 0 radical (unpaired) electrons. The summed E-state index contributed by atoms with van der Waals surface area (Å²) in [5, 5.41) is 4.15. The fraction of sp³-hybridized carbons (Fsp3) is 0.462. The van der Waals surface area contributed by atoms with Crippen molar-refractivity contribution in [2.75, 3.05) is 24.3 Å². The largest absolute Gasteiger partial charge is 0.384 e. The molecule has 7 nitrogen and oxygen atoms in total. The highest BCUT2D eigenvalue weighted by Gasteiger charge is 2.09. The number of nitrogens with two attached hydrogens (primary N) is 1. The minimum atomic E-state index is 0.370. The second kappa shape index (κ2) is 6.33. The van der Waals surface area contributed by atoms with Crippen molar-refractivity contribution in [3.8, 4) is 0 Å². The molecule has 0 bridgehead atoms. The number of hydrogen-bond donors (Lipinski definition) is 1. The van der Waals surface area contributed by atoms with E-state index in [0.29, 0.717) is 31.4 Å². The van der Waals surface area contributed by atoms with Crippen LogP contribution in [0.4, 0.5) is 11.6 Å². The molecule has 0 amide bonds. The second-order valence-electron chi connectivity index (χ2n) is 4.58. The molecule has 2 heterocycles. The molecule has 7 heteroatoms. The van der Waals surface area contributed by atoms with Crippen molar-refractivity contribution in [2.24, 2.45) is 7.05 Å². The monoisotopic (exact) mass is 276 g/mol. The van der Waals surface area contributed by atoms with Gasteiger partial charge in [0.2, 0.25) is 0 Å². The molecule has 20 heavy (non-hydrogen) atoms. The zero-order chi connectivity index (χ0) is 14.5. The Morgan fingerprint density at radius 1 is 1.40 bits per heavy atom. The van der Waals surface area contributed by atoms with Crippen molar-refractivity contribution in [1.82, 2.24) is 19.7 Å².